The highest BCUT2D eigenvalue weighted by Crippen LogP contribution is 2.28. The van der Waals surface area contributed by atoms with Gasteiger partial charge in [0.25, 0.3) is 0 Å². The Hall–Kier alpha value is -0.970. The summed E-state index contributed by atoms with van der Waals surface area (Å²) in [5.41, 5.74) is 1.17. The van der Waals surface area contributed by atoms with Crippen molar-refractivity contribution < 1.29 is 0 Å². The summed E-state index contributed by atoms with van der Waals surface area (Å²) in [5, 5.41) is 3.88. The molecular weight excluding hydrogens is 256 g/mol. The van der Waals surface area contributed by atoms with Gasteiger partial charge >= 0.3 is 0 Å². The fraction of sp³-hybridized carbons (Fsp3) is 0.714. The number of rotatable bonds is 4. The maximum Gasteiger partial charge on any atom is 0.137 e. The van der Waals surface area contributed by atoms with Gasteiger partial charge in [-0.25, -0.2) is 9.97 Å². The van der Waals surface area contributed by atoms with Gasteiger partial charge in [0, 0.05) is 43.1 Å². The van der Waals surface area contributed by atoms with Crippen LogP contribution in [0.1, 0.15) is 31.7 Å². The van der Waals surface area contributed by atoms with Gasteiger partial charge in [0.2, 0.25) is 0 Å². The van der Waals surface area contributed by atoms with Gasteiger partial charge in [-0.3, -0.25) is 0 Å². The SMILES string of the molecule is CCCc1nc(NC)c(C)c(N2CCSC(C)C2)n1. The molecule has 1 saturated heterocycles. The molecule has 0 saturated carbocycles. The van der Waals surface area contributed by atoms with Gasteiger partial charge < -0.3 is 10.2 Å². The van der Waals surface area contributed by atoms with Gasteiger partial charge in [-0.2, -0.15) is 11.8 Å². The fourth-order valence-corrected chi connectivity index (χ4v) is 3.46. The Bertz CT molecular complexity index is 436. The lowest BCUT2D eigenvalue weighted by Gasteiger charge is -2.33. The second-order valence-corrected chi connectivity index (χ2v) is 6.61. The van der Waals surface area contributed by atoms with E-state index in [2.05, 4.69) is 36.0 Å². The summed E-state index contributed by atoms with van der Waals surface area (Å²) in [6.07, 6.45) is 2.03. The topological polar surface area (TPSA) is 41.1 Å². The third-order valence-electron chi connectivity index (χ3n) is 3.42. The van der Waals surface area contributed by atoms with E-state index in [4.69, 9.17) is 4.98 Å². The molecule has 1 aliphatic rings. The quantitative estimate of drug-likeness (QED) is 0.918. The largest absolute Gasteiger partial charge is 0.373 e. The van der Waals surface area contributed by atoms with Crippen molar-refractivity contribution in [3.05, 3.63) is 11.4 Å². The first-order chi connectivity index (χ1) is 9.15. The van der Waals surface area contributed by atoms with Crippen LogP contribution in [0.2, 0.25) is 0 Å². The Morgan fingerprint density at radius 1 is 1.42 bits per heavy atom. The van der Waals surface area contributed by atoms with E-state index >= 15 is 0 Å². The fourth-order valence-electron chi connectivity index (χ4n) is 2.45. The van der Waals surface area contributed by atoms with Crippen LogP contribution < -0.4 is 10.2 Å². The molecule has 2 rings (SSSR count). The third kappa shape index (κ3) is 3.32. The number of anilines is 2. The molecule has 4 nitrogen and oxygen atoms in total. The van der Waals surface area contributed by atoms with Crippen LogP contribution in [0, 0.1) is 6.92 Å². The second kappa shape index (κ2) is 6.46. The molecule has 1 fully saturated rings. The predicted octanol–water partition coefficient (Wildman–Crippen LogP) is 2.72. The maximum atomic E-state index is 4.79. The first-order valence-electron chi connectivity index (χ1n) is 7.07. The Balaban J connectivity index is 2.33. The third-order valence-corrected chi connectivity index (χ3v) is 4.55. The normalized spacial score (nSPS) is 19.6. The highest BCUT2D eigenvalue weighted by molar-refractivity contribution is 8.00. The summed E-state index contributed by atoms with van der Waals surface area (Å²) in [5.74, 6) is 4.23. The van der Waals surface area contributed by atoms with E-state index in [0.29, 0.717) is 5.25 Å². The predicted molar refractivity (Wildman–Crippen MR) is 84.4 cm³/mol. The number of nitrogens with zero attached hydrogens (tertiary/aromatic N) is 3. The van der Waals surface area contributed by atoms with Crippen LogP contribution >= 0.6 is 11.8 Å². The second-order valence-electron chi connectivity index (χ2n) is 5.06. The van der Waals surface area contributed by atoms with Crippen LogP contribution in [0.25, 0.3) is 0 Å². The number of hydrogen-bond donors (Lipinski definition) is 1. The Morgan fingerprint density at radius 3 is 2.84 bits per heavy atom. The lowest BCUT2D eigenvalue weighted by atomic mass is 10.2. The van der Waals surface area contributed by atoms with Gasteiger partial charge in [0.05, 0.1) is 0 Å². The van der Waals surface area contributed by atoms with Crippen molar-refractivity contribution in [3.63, 3.8) is 0 Å². The van der Waals surface area contributed by atoms with Gasteiger partial charge in [-0.15, -0.1) is 0 Å². The van der Waals surface area contributed by atoms with Crippen LogP contribution in [0.5, 0.6) is 0 Å². The number of hydrogen-bond acceptors (Lipinski definition) is 5. The summed E-state index contributed by atoms with van der Waals surface area (Å²) in [4.78, 5) is 11.8. The Kier molecular flexibility index (Phi) is 4.91. The minimum atomic E-state index is 0.677. The molecule has 0 aromatic carbocycles. The lowest BCUT2D eigenvalue weighted by Crippen LogP contribution is -2.38. The summed E-state index contributed by atoms with van der Waals surface area (Å²) in [6.45, 7) is 8.74. The van der Waals surface area contributed by atoms with Gasteiger partial charge in [0.1, 0.15) is 17.5 Å². The van der Waals surface area contributed by atoms with Crippen LogP contribution in [-0.4, -0.2) is 41.1 Å². The van der Waals surface area contributed by atoms with Crippen LogP contribution in [0.4, 0.5) is 11.6 Å². The van der Waals surface area contributed by atoms with Crippen molar-refractivity contribution in [2.45, 2.75) is 38.9 Å². The summed E-state index contributed by atoms with van der Waals surface area (Å²) < 4.78 is 0. The van der Waals surface area contributed by atoms with E-state index in [0.717, 1.165) is 43.4 Å². The summed E-state index contributed by atoms with van der Waals surface area (Å²) in [7, 11) is 1.93. The van der Waals surface area contributed by atoms with Crippen molar-refractivity contribution in [2.24, 2.45) is 0 Å². The van der Waals surface area contributed by atoms with Crippen molar-refractivity contribution in [1.29, 1.82) is 0 Å². The monoisotopic (exact) mass is 280 g/mol. The van der Waals surface area contributed by atoms with Crippen LogP contribution in [0.15, 0.2) is 0 Å². The zero-order chi connectivity index (χ0) is 13.8. The van der Waals surface area contributed by atoms with E-state index in [-0.39, 0.29) is 0 Å². The Morgan fingerprint density at radius 2 is 2.21 bits per heavy atom. The van der Waals surface area contributed by atoms with Gasteiger partial charge in [0.15, 0.2) is 0 Å². The molecule has 1 aliphatic heterocycles. The van der Waals surface area contributed by atoms with E-state index < -0.39 is 0 Å². The molecule has 1 unspecified atom stereocenters. The molecule has 1 aromatic rings. The molecule has 5 heteroatoms. The van der Waals surface area contributed by atoms with Gasteiger partial charge in [-0.05, 0) is 13.3 Å². The van der Waals surface area contributed by atoms with Gasteiger partial charge in [-0.1, -0.05) is 13.8 Å². The standard InChI is InChI=1S/C14H24N4S/c1-5-6-12-16-13(15-4)11(3)14(17-12)18-7-8-19-10(2)9-18/h10H,5-9H2,1-4H3,(H,15,16,17). The van der Waals surface area contributed by atoms with Crippen molar-refractivity contribution in [3.8, 4) is 0 Å². The summed E-state index contributed by atoms with van der Waals surface area (Å²) >= 11 is 2.05. The molecular formula is C14H24N4S. The molecule has 0 bridgehead atoms. The van der Waals surface area contributed by atoms with Crippen molar-refractivity contribution >= 4 is 23.4 Å². The number of aryl methyl sites for hydroxylation is 1. The molecule has 1 atom stereocenters. The summed E-state index contributed by atoms with van der Waals surface area (Å²) in [6, 6.07) is 0. The maximum absolute atomic E-state index is 4.79. The zero-order valence-electron chi connectivity index (χ0n) is 12.4. The molecule has 0 spiro atoms. The van der Waals surface area contributed by atoms with Crippen molar-refractivity contribution in [2.75, 3.05) is 36.1 Å². The molecule has 19 heavy (non-hydrogen) atoms. The molecule has 106 valence electrons. The molecule has 1 N–H and O–H groups in total. The molecule has 0 aliphatic carbocycles. The number of nitrogens with one attached hydrogen (secondary N) is 1. The first-order valence-corrected chi connectivity index (χ1v) is 8.12. The molecule has 1 aromatic heterocycles. The lowest BCUT2D eigenvalue weighted by molar-refractivity contribution is 0.749. The number of thioether (sulfide) groups is 1. The average molecular weight is 280 g/mol. The number of aromatic nitrogens is 2. The Labute approximate surface area is 120 Å². The molecule has 0 radical (unpaired) electrons. The minimum Gasteiger partial charge on any atom is -0.373 e. The molecule has 2 heterocycles. The zero-order valence-corrected chi connectivity index (χ0v) is 13.2. The van der Waals surface area contributed by atoms with Crippen LogP contribution in [0.3, 0.4) is 0 Å². The smallest absolute Gasteiger partial charge is 0.137 e. The average Bonchev–Trinajstić information content (AvgIpc) is 2.41. The minimum absolute atomic E-state index is 0.677. The van der Waals surface area contributed by atoms with E-state index in [1.807, 2.05) is 18.8 Å². The molecule has 0 amide bonds. The van der Waals surface area contributed by atoms with E-state index in [1.165, 1.54) is 11.3 Å². The van der Waals surface area contributed by atoms with E-state index in [1.54, 1.807) is 0 Å². The van der Waals surface area contributed by atoms with E-state index in [9.17, 15) is 0 Å². The van der Waals surface area contributed by atoms with Crippen molar-refractivity contribution in [1.82, 2.24) is 9.97 Å². The highest BCUT2D eigenvalue weighted by Gasteiger charge is 2.21. The highest BCUT2D eigenvalue weighted by atomic mass is 32.2. The van der Waals surface area contributed by atoms with Crippen LogP contribution in [-0.2, 0) is 6.42 Å². The first kappa shape index (κ1) is 14.4.